The van der Waals surface area contributed by atoms with E-state index < -0.39 is 10.0 Å². The molecule has 7 heteroatoms. The Morgan fingerprint density at radius 1 is 1.05 bits per heavy atom. The van der Waals surface area contributed by atoms with E-state index in [1.807, 2.05) is 0 Å². The van der Waals surface area contributed by atoms with Crippen LogP contribution in [0.5, 0.6) is 0 Å². The van der Waals surface area contributed by atoms with Crippen molar-refractivity contribution in [3.8, 4) is 0 Å². The first-order chi connectivity index (χ1) is 8.95. The maximum absolute atomic E-state index is 11.6. The molecule has 0 amide bonds. The van der Waals surface area contributed by atoms with Crippen LogP contribution in [0.15, 0.2) is 0 Å². The van der Waals surface area contributed by atoms with Gasteiger partial charge in [-0.2, -0.15) is 0 Å². The Morgan fingerprint density at radius 3 is 2.05 bits per heavy atom. The summed E-state index contributed by atoms with van der Waals surface area (Å²) in [6, 6.07) is 0. The number of ether oxygens (including phenoxy) is 1. The SMILES string of the molecule is COCCN1CCN(CCCS(=O)(=O)N(C)C)CC1. The van der Waals surface area contributed by atoms with Crippen LogP contribution in [0.2, 0.25) is 0 Å². The van der Waals surface area contributed by atoms with E-state index in [1.165, 1.54) is 4.31 Å². The molecule has 1 aliphatic heterocycles. The Bertz CT molecular complexity index is 338. The lowest BCUT2D eigenvalue weighted by molar-refractivity contribution is 0.0971. The lowest BCUT2D eigenvalue weighted by atomic mass is 10.3. The monoisotopic (exact) mass is 293 g/mol. The van der Waals surface area contributed by atoms with Crippen LogP contribution in [0.3, 0.4) is 0 Å². The first-order valence-corrected chi connectivity index (χ1v) is 8.40. The van der Waals surface area contributed by atoms with Crippen LogP contribution in [-0.2, 0) is 14.8 Å². The Morgan fingerprint density at radius 2 is 1.58 bits per heavy atom. The molecule has 0 N–H and O–H groups in total. The second-order valence-electron chi connectivity index (χ2n) is 5.13. The molecule has 19 heavy (non-hydrogen) atoms. The van der Waals surface area contributed by atoms with Gasteiger partial charge in [0.2, 0.25) is 10.0 Å². The first kappa shape index (κ1) is 16.8. The van der Waals surface area contributed by atoms with Crippen molar-refractivity contribution >= 4 is 10.0 Å². The van der Waals surface area contributed by atoms with E-state index in [0.29, 0.717) is 6.42 Å². The standard InChI is InChI=1S/C12H27N3O3S/c1-13(2)19(16,17)12-4-5-14-6-8-15(9-7-14)10-11-18-3/h4-12H2,1-3H3. The van der Waals surface area contributed by atoms with Crippen LogP contribution >= 0.6 is 0 Å². The molecular weight excluding hydrogens is 266 g/mol. The molecule has 0 saturated carbocycles. The third-order valence-corrected chi connectivity index (χ3v) is 5.43. The normalized spacial score (nSPS) is 19.2. The molecule has 0 bridgehead atoms. The quantitative estimate of drug-likeness (QED) is 0.606. The van der Waals surface area contributed by atoms with E-state index in [1.54, 1.807) is 21.2 Å². The molecule has 0 aliphatic carbocycles. The third kappa shape index (κ3) is 6.18. The van der Waals surface area contributed by atoms with E-state index in [9.17, 15) is 8.42 Å². The fraction of sp³-hybridized carbons (Fsp3) is 1.00. The summed E-state index contributed by atoms with van der Waals surface area (Å²) >= 11 is 0. The fourth-order valence-corrected chi connectivity index (χ4v) is 2.97. The van der Waals surface area contributed by atoms with Gasteiger partial charge in [0, 0.05) is 53.9 Å². The van der Waals surface area contributed by atoms with Crippen molar-refractivity contribution in [2.24, 2.45) is 0 Å². The molecule has 0 aromatic rings. The van der Waals surface area contributed by atoms with Crippen LogP contribution in [0.25, 0.3) is 0 Å². The van der Waals surface area contributed by atoms with Gasteiger partial charge in [-0.25, -0.2) is 12.7 Å². The summed E-state index contributed by atoms with van der Waals surface area (Å²) in [4.78, 5) is 4.73. The van der Waals surface area contributed by atoms with Gasteiger partial charge in [-0.05, 0) is 13.0 Å². The van der Waals surface area contributed by atoms with Crippen molar-refractivity contribution in [1.82, 2.24) is 14.1 Å². The summed E-state index contributed by atoms with van der Waals surface area (Å²) in [5, 5.41) is 0. The van der Waals surface area contributed by atoms with Gasteiger partial charge in [-0.3, -0.25) is 4.90 Å². The minimum absolute atomic E-state index is 0.240. The van der Waals surface area contributed by atoms with Crippen LogP contribution in [0, 0.1) is 0 Å². The number of hydrogen-bond acceptors (Lipinski definition) is 5. The number of hydrogen-bond donors (Lipinski definition) is 0. The molecule has 0 atom stereocenters. The second kappa shape index (κ2) is 8.16. The Hall–Kier alpha value is -0.210. The predicted octanol–water partition coefficient (Wildman–Crippen LogP) is -0.468. The summed E-state index contributed by atoms with van der Waals surface area (Å²) in [7, 11) is 1.86. The number of nitrogens with zero attached hydrogens (tertiary/aromatic N) is 3. The van der Waals surface area contributed by atoms with Crippen molar-refractivity contribution in [3.63, 3.8) is 0 Å². The first-order valence-electron chi connectivity index (χ1n) is 6.79. The van der Waals surface area contributed by atoms with Crippen molar-refractivity contribution in [1.29, 1.82) is 0 Å². The van der Waals surface area contributed by atoms with E-state index in [4.69, 9.17) is 4.74 Å². The highest BCUT2D eigenvalue weighted by molar-refractivity contribution is 7.89. The lowest BCUT2D eigenvalue weighted by Crippen LogP contribution is -2.47. The Balaban J connectivity index is 2.16. The molecule has 1 fully saturated rings. The highest BCUT2D eigenvalue weighted by atomic mass is 32.2. The molecule has 114 valence electrons. The number of sulfonamides is 1. The van der Waals surface area contributed by atoms with Gasteiger partial charge in [0.05, 0.1) is 12.4 Å². The molecule has 0 radical (unpaired) electrons. The van der Waals surface area contributed by atoms with E-state index in [2.05, 4.69) is 9.80 Å². The predicted molar refractivity (Wildman–Crippen MR) is 76.8 cm³/mol. The van der Waals surface area contributed by atoms with Gasteiger partial charge in [0.25, 0.3) is 0 Å². The summed E-state index contributed by atoms with van der Waals surface area (Å²) in [6.45, 7) is 6.76. The number of rotatable bonds is 8. The van der Waals surface area contributed by atoms with E-state index in [-0.39, 0.29) is 5.75 Å². The number of piperazine rings is 1. The van der Waals surface area contributed by atoms with E-state index in [0.717, 1.165) is 45.9 Å². The average Bonchev–Trinajstić information content (AvgIpc) is 2.37. The molecule has 1 saturated heterocycles. The Kier molecular flexibility index (Phi) is 7.23. The largest absolute Gasteiger partial charge is 0.383 e. The topological polar surface area (TPSA) is 53.1 Å². The highest BCUT2D eigenvalue weighted by Crippen LogP contribution is 2.04. The van der Waals surface area contributed by atoms with Crippen molar-refractivity contribution < 1.29 is 13.2 Å². The molecule has 0 aromatic carbocycles. The van der Waals surface area contributed by atoms with Crippen LogP contribution in [-0.4, -0.2) is 95.4 Å². The minimum atomic E-state index is -3.04. The van der Waals surface area contributed by atoms with Crippen molar-refractivity contribution in [2.75, 3.05) is 72.8 Å². The maximum atomic E-state index is 11.6. The smallest absolute Gasteiger partial charge is 0.213 e. The van der Waals surface area contributed by atoms with Crippen molar-refractivity contribution in [3.05, 3.63) is 0 Å². The van der Waals surface area contributed by atoms with Gasteiger partial charge in [0.1, 0.15) is 0 Å². The van der Waals surface area contributed by atoms with Crippen LogP contribution in [0.1, 0.15) is 6.42 Å². The molecule has 0 unspecified atom stereocenters. The summed E-state index contributed by atoms with van der Waals surface area (Å²) in [5.74, 6) is 0.240. The highest BCUT2D eigenvalue weighted by Gasteiger charge is 2.18. The molecule has 0 aromatic heterocycles. The maximum Gasteiger partial charge on any atom is 0.213 e. The van der Waals surface area contributed by atoms with Crippen LogP contribution in [0.4, 0.5) is 0 Å². The summed E-state index contributed by atoms with van der Waals surface area (Å²) < 4.78 is 29.6. The molecular formula is C12H27N3O3S. The molecule has 0 spiro atoms. The molecule has 1 rings (SSSR count). The zero-order chi connectivity index (χ0) is 14.3. The van der Waals surface area contributed by atoms with Gasteiger partial charge < -0.3 is 9.64 Å². The molecule has 1 aliphatic rings. The van der Waals surface area contributed by atoms with Gasteiger partial charge >= 0.3 is 0 Å². The van der Waals surface area contributed by atoms with Gasteiger partial charge in [0.15, 0.2) is 0 Å². The average molecular weight is 293 g/mol. The summed E-state index contributed by atoms with van der Waals surface area (Å²) in [5.41, 5.74) is 0. The molecule has 1 heterocycles. The van der Waals surface area contributed by atoms with E-state index >= 15 is 0 Å². The lowest BCUT2D eigenvalue weighted by Gasteiger charge is -2.34. The molecule has 6 nitrogen and oxygen atoms in total. The Labute approximate surface area is 117 Å². The summed E-state index contributed by atoms with van der Waals surface area (Å²) in [6.07, 6.45) is 0.707. The zero-order valence-corrected chi connectivity index (χ0v) is 13.2. The third-order valence-electron chi connectivity index (χ3n) is 3.51. The second-order valence-corrected chi connectivity index (χ2v) is 7.43. The van der Waals surface area contributed by atoms with Gasteiger partial charge in [-0.15, -0.1) is 0 Å². The minimum Gasteiger partial charge on any atom is -0.383 e. The van der Waals surface area contributed by atoms with Crippen LogP contribution < -0.4 is 0 Å². The zero-order valence-electron chi connectivity index (χ0n) is 12.3. The van der Waals surface area contributed by atoms with Crippen molar-refractivity contribution in [2.45, 2.75) is 6.42 Å². The fourth-order valence-electron chi connectivity index (χ4n) is 2.11. The van der Waals surface area contributed by atoms with Gasteiger partial charge in [-0.1, -0.05) is 0 Å². The number of methoxy groups -OCH3 is 1.